The molecule has 1 rings (SSSR count). The second-order valence-electron chi connectivity index (χ2n) is 3.35. The number of nitrogens with two attached hydrogens (primary N) is 1. The van der Waals surface area contributed by atoms with Crippen LogP contribution < -0.4 is 11.1 Å². The molecule has 0 atom stereocenters. The van der Waals surface area contributed by atoms with Crippen LogP contribution in [0, 0.1) is 6.92 Å². The van der Waals surface area contributed by atoms with Gasteiger partial charge in [-0.3, -0.25) is 4.98 Å². The molecule has 0 fully saturated rings. The first-order chi connectivity index (χ1) is 7.09. The van der Waals surface area contributed by atoms with E-state index in [0.29, 0.717) is 12.2 Å². The zero-order chi connectivity index (χ0) is 11.3. The van der Waals surface area contributed by atoms with Crippen LogP contribution in [0.5, 0.6) is 0 Å². The average Bonchev–Trinajstić information content (AvgIpc) is 2.18. The summed E-state index contributed by atoms with van der Waals surface area (Å²) >= 11 is 0. The van der Waals surface area contributed by atoms with E-state index in [9.17, 15) is 4.79 Å². The summed E-state index contributed by atoms with van der Waals surface area (Å²) in [6, 6.07) is 1.88. The SMILES string of the molecule is Cc1ncc(CCCNC(=O)O)cc1N. The van der Waals surface area contributed by atoms with E-state index in [2.05, 4.69) is 10.3 Å². The van der Waals surface area contributed by atoms with E-state index in [1.165, 1.54) is 0 Å². The van der Waals surface area contributed by atoms with Gasteiger partial charge in [0, 0.05) is 12.7 Å². The molecule has 0 saturated carbocycles. The molecule has 1 aromatic rings. The molecule has 0 aliphatic rings. The summed E-state index contributed by atoms with van der Waals surface area (Å²) in [7, 11) is 0. The van der Waals surface area contributed by atoms with Crippen molar-refractivity contribution in [2.24, 2.45) is 0 Å². The lowest BCUT2D eigenvalue weighted by Crippen LogP contribution is -2.22. The number of nitrogen functional groups attached to an aromatic ring is 1. The van der Waals surface area contributed by atoms with Crippen LogP contribution in [0.4, 0.5) is 10.5 Å². The number of rotatable bonds is 4. The summed E-state index contributed by atoms with van der Waals surface area (Å²) < 4.78 is 0. The molecule has 0 aliphatic heterocycles. The summed E-state index contributed by atoms with van der Waals surface area (Å²) in [5.74, 6) is 0. The number of nitrogens with one attached hydrogen (secondary N) is 1. The summed E-state index contributed by atoms with van der Waals surface area (Å²) in [6.45, 7) is 2.30. The zero-order valence-electron chi connectivity index (χ0n) is 8.66. The fourth-order valence-electron chi connectivity index (χ4n) is 1.22. The first-order valence-electron chi connectivity index (χ1n) is 4.77. The summed E-state index contributed by atoms with van der Waals surface area (Å²) in [4.78, 5) is 14.3. The highest BCUT2D eigenvalue weighted by Crippen LogP contribution is 2.10. The summed E-state index contributed by atoms with van der Waals surface area (Å²) in [5, 5.41) is 10.7. The minimum Gasteiger partial charge on any atom is -0.465 e. The normalized spacial score (nSPS) is 9.93. The van der Waals surface area contributed by atoms with Crippen LogP contribution in [-0.2, 0) is 6.42 Å². The molecule has 5 heteroatoms. The van der Waals surface area contributed by atoms with Gasteiger partial charge in [0.1, 0.15) is 0 Å². The van der Waals surface area contributed by atoms with E-state index in [4.69, 9.17) is 10.8 Å². The van der Waals surface area contributed by atoms with E-state index >= 15 is 0 Å². The largest absolute Gasteiger partial charge is 0.465 e. The molecule has 1 amide bonds. The lowest BCUT2D eigenvalue weighted by atomic mass is 10.1. The number of aromatic nitrogens is 1. The number of nitrogens with zero attached hydrogens (tertiary/aromatic N) is 1. The predicted octanol–water partition coefficient (Wildman–Crippen LogP) is 1.17. The van der Waals surface area contributed by atoms with Gasteiger partial charge in [0.25, 0.3) is 0 Å². The van der Waals surface area contributed by atoms with Crippen molar-refractivity contribution in [3.63, 3.8) is 0 Å². The van der Waals surface area contributed by atoms with Gasteiger partial charge in [-0.2, -0.15) is 0 Å². The Morgan fingerprint density at radius 2 is 2.40 bits per heavy atom. The van der Waals surface area contributed by atoms with Gasteiger partial charge < -0.3 is 16.2 Å². The molecular formula is C10H15N3O2. The molecule has 15 heavy (non-hydrogen) atoms. The molecule has 82 valence electrons. The number of pyridine rings is 1. The monoisotopic (exact) mass is 209 g/mol. The van der Waals surface area contributed by atoms with Gasteiger partial charge >= 0.3 is 6.09 Å². The van der Waals surface area contributed by atoms with Gasteiger partial charge in [-0.1, -0.05) is 0 Å². The number of anilines is 1. The van der Waals surface area contributed by atoms with Crippen LogP contribution in [0.1, 0.15) is 17.7 Å². The number of amides is 1. The molecule has 0 aliphatic carbocycles. The van der Waals surface area contributed by atoms with E-state index < -0.39 is 6.09 Å². The highest BCUT2D eigenvalue weighted by Gasteiger charge is 1.99. The van der Waals surface area contributed by atoms with E-state index in [0.717, 1.165) is 24.1 Å². The highest BCUT2D eigenvalue weighted by molar-refractivity contribution is 5.64. The van der Waals surface area contributed by atoms with Gasteiger partial charge in [0.05, 0.1) is 11.4 Å². The molecule has 5 nitrogen and oxygen atoms in total. The Balaban J connectivity index is 2.38. The number of hydrogen-bond acceptors (Lipinski definition) is 3. The van der Waals surface area contributed by atoms with Crippen LogP contribution in [0.2, 0.25) is 0 Å². The van der Waals surface area contributed by atoms with Crippen molar-refractivity contribution in [2.75, 3.05) is 12.3 Å². The molecule has 1 aromatic heterocycles. The van der Waals surface area contributed by atoms with E-state index in [-0.39, 0.29) is 0 Å². The standard InChI is InChI=1S/C10H15N3O2/c1-7-9(11)5-8(6-13-7)3-2-4-12-10(14)15/h5-6,12H,2-4,11H2,1H3,(H,14,15). The minimum absolute atomic E-state index is 0.448. The number of carboxylic acid groups (broad SMARTS) is 1. The van der Waals surface area contributed by atoms with Gasteiger partial charge in [0.2, 0.25) is 0 Å². The molecule has 0 aromatic carbocycles. The maximum Gasteiger partial charge on any atom is 0.404 e. The molecule has 0 bridgehead atoms. The van der Waals surface area contributed by atoms with Crippen molar-refractivity contribution < 1.29 is 9.90 Å². The Bertz CT molecular complexity index is 353. The topological polar surface area (TPSA) is 88.2 Å². The van der Waals surface area contributed by atoms with Crippen LogP contribution in [0.3, 0.4) is 0 Å². The Morgan fingerprint density at radius 3 is 3.00 bits per heavy atom. The third-order valence-electron chi connectivity index (χ3n) is 2.10. The Morgan fingerprint density at radius 1 is 1.67 bits per heavy atom. The minimum atomic E-state index is -0.989. The van der Waals surface area contributed by atoms with Gasteiger partial charge in [-0.25, -0.2) is 4.79 Å². The fourth-order valence-corrected chi connectivity index (χ4v) is 1.22. The first kappa shape index (κ1) is 11.3. The quantitative estimate of drug-likeness (QED) is 0.649. The van der Waals surface area contributed by atoms with Crippen molar-refractivity contribution in [1.29, 1.82) is 0 Å². The van der Waals surface area contributed by atoms with Crippen molar-refractivity contribution in [1.82, 2.24) is 10.3 Å². The van der Waals surface area contributed by atoms with Crippen molar-refractivity contribution >= 4 is 11.8 Å². The summed E-state index contributed by atoms with van der Waals surface area (Å²) in [6.07, 6.45) is 2.30. The lowest BCUT2D eigenvalue weighted by Gasteiger charge is -2.04. The molecule has 1 heterocycles. The van der Waals surface area contributed by atoms with Gasteiger partial charge in [0.15, 0.2) is 0 Å². The number of aryl methyl sites for hydroxylation is 2. The number of carbonyl (C=O) groups is 1. The molecular weight excluding hydrogens is 194 g/mol. The van der Waals surface area contributed by atoms with Crippen LogP contribution in [-0.4, -0.2) is 22.7 Å². The van der Waals surface area contributed by atoms with Crippen molar-refractivity contribution in [3.05, 3.63) is 23.5 Å². The average molecular weight is 209 g/mol. The van der Waals surface area contributed by atoms with E-state index in [1.54, 1.807) is 6.20 Å². The molecule has 0 radical (unpaired) electrons. The second-order valence-corrected chi connectivity index (χ2v) is 3.35. The van der Waals surface area contributed by atoms with Crippen LogP contribution in [0.15, 0.2) is 12.3 Å². The Kier molecular flexibility index (Phi) is 3.91. The predicted molar refractivity (Wildman–Crippen MR) is 57.7 cm³/mol. The Labute approximate surface area is 88.3 Å². The first-order valence-corrected chi connectivity index (χ1v) is 4.77. The van der Waals surface area contributed by atoms with Crippen molar-refractivity contribution in [2.45, 2.75) is 19.8 Å². The second kappa shape index (κ2) is 5.19. The van der Waals surface area contributed by atoms with Crippen molar-refractivity contribution in [3.8, 4) is 0 Å². The van der Waals surface area contributed by atoms with Crippen LogP contribution >= 0.6 is 0 Å². The number of hydrogen-bond donors (Lipinski definition) is 3. The maximum absolute atomic E-state index is 10.2. The maximum atomic E-state index is 10.2. The third-order valence-corrected chi connectivity index (χ3v) is 2.10. The molecule has 0 spiro atoms. The third kappa shape index (κ3) is 3.84. The zero-order valence-corrected chi connectivity index (χ0v) is 8.66. The van der Waals surface area contributed by atoms with E-state index in [1.807, 2.05) is 13.0 Å². The highest BCUT2D eigenvalue weighted by atomic mass is 16.4. The molecule has 0 unspecified atom stereocenters. The van der Waals surface area contributed by atoms with Gasteiger partial charge in [-0.05, 0) is 31.4 Å². The lowest BCUT2D eigenvalue weighted by molar-refractivity contribution is 0.194. The van der Waals surface area contributed by atoms with Crippen LogP contribution in [0.25, 0.3) is 0 Å². The fraction of sp³-hybridized carbons (Fsp3) is 0.400. The smallest absolute Gasteiger partial charge is 0.404 e. The Hall–Kier alpha value is -1.78. The van der Waals surface area contributed by atoms with Gasteiger partial charge in [-0.15, -0.1) is 0 Å². The summed E-state index contributed by atoms with van der Waals surface area (Å²) in [5.41, 5.74) is 8.23. The molecule has 0 saturated heterocycles. The molecule has 4 N–H and O–H groups in total.